The highest BCUT2D eigenvalue weighted by Crippen LogP contribution is 2.26. The molecular formula is C13H17F3N4O4S. The molecule has 1 aromatic rings. The third-order valence-corrected chi connectivity index (χ3v) is 5.09. The van der Waals surface area contributed by atoms with Gasteiger partial charge in [0.15, 0.2) is 5.69 Å². The van der Waals surface area contributed by atoms with Crippen LogP contribution in [0.5, 0.6) is 0 Å². The van der Waals surface area contributed by atoms with Gasteiger partial charge >= 0.3 is 12.1 Å². The summed E-state index contributed by atoms with van der Waals surface area (Å²) in [5.41, 5.74) is -0.216. The van der Waals surface area contributed by atoms with E-state index in [4.69, 9.17) is 5.11 Å². The second-order valence-corrected chi connectivity index (χ2v) is 7.64. The summed E-state index contributed by atoms with van der Waals surface area (Å²) >= 11 is 0. The van der Waals surface area contributed by atoms with Crippen LogP contribution in [0.3, 0.4) is 0 Å². The van der Waals surface area contributed by atoms with E-state index in [1.54, 1.807) is 4.90 Å². The van der Waals surface area contributed by atoms with E-state index in [0.717, 1.165) is 12.5 Å². The van der Waals surface area contributed by atoms with Gasteiger partial charge in [0.1, 0.15) is 12.4 Å². The molecule has 1 aliphatic heterocycles. The highest BCUT2D eigenvalue weighted by molar-refractivity contribution is 7.88. The molecular weight excluding hydrogens is 365 g/mol. The Balaban J connectivity index is 2.05. The second-order valence-electron chi connectivity index (χ2n) is 5.71. The summed E-state index contributed by atoms with van der Waals surface area (Å²) in [4.78, 5) is 20.2. The van der Waals surface area contributed by atoms with Crippen molar-refractivity contribution >= 4 is 21.8 Å². The number of nitrogens with zero attached hydrogens (tertiary/aromatic N) is 4. The van der Waals surface area contributed by atoms with E-state index in [1.165, 1.54) is 6.20 Å². The molecule has 2 rings (SSSR count). The van der Waals surface area contributed by atoms with Crippen molar-refractivity contribution < 1.29 is 31.5 Å². The van der Waals surface area contributed by atoms with Crippen LogP contribution in [0.1, 0.15) is 23.3 Å². The van der Waals surface area contributed by atoms with Crippen molar-refractivity contribution in [2.24, 2.45) is 0 Å². The largest absolute Gasteiger partial charge is 0.476 e. The number of rotatable bonds is 5. The van der Waals surface area contributed by atoms with Gasteiger partial charge in [-0.05, 0) is 12.8 Å². The second kappa shape index (κ2) is 7.12. The normalized spacial score (nSPS) is 17.1. The molecule has 0 unspecified atom stereocenters. The zero-order valence-electron chi connectivity index (χ0n) is 13.3. The van der Waals surface area contributed by atoms with Crippen LogP contribution in [0.15, 0.2) is 12.4 Å². The molecule has 8 nitrogen and oxygen atoms in total. The predicted molar refractivity (Wildman–Crippen MR) is 81.8 cm³/mol. The van der Waals surface area contributed by atoms with Gasteiger partial charge in [-0.3, -0.25) is 0 Å². The molecule has 0 bridgehead atoms. The molecule has 1 saturated heterocycles. The number of piperidine rings is 1. The molecule has 1 fully saturated rings. The van der Waals surface area contributed by atoms with Crippen molar-refractivity contribution in [2.45, 2.75) is 25.1 Å². The minimum atomic E-state index is -4.61. The van der Waals surface area contributed by atoms with Gasteiger partial charge in [-0.25, -0.2) is 23.2 Å². The van der Waals surface area contributed by atoms with Gasteiger partial charge in [-0.2, -0.15) is 17.5 Å². The Bertz CT molecular complexity index is 716. The van der Waals surface area contributed by atoms with E-state index in [-0.39, 0.29) is 31.6 Å². The fraction of sp³-hybridized carbons (Fsp3) is 0.615. The lowest BCUT2D eigenvalue weighted by Crippen LogP contribution is -2.50. The van der Waals surface area contributed by atoms with Crippen LogP contribution in [0, 0.1) is 0 Å². The van der Waals surface area contributed by atoms with Crippen molar-refractivity contribution in [3.8, 4) is 0 Å². The summed E-state index contributed by atoms with van der Waals surface area (Å²) in [6.07, 6.45) is -1.08. The number of hydrogen-bond acceptors (Lipinski definition) is 6. The SMILES string of the molecule is CS(=O)(=O)N(CC(F)(F)F)C1CCN(c2cnc(C(=O)O)cn2)CC1. The third-order valence-electron chi connectivity index (χ3n) is 3.81. The fourth-order valence-corrected chi connectivity index (χ4v) is 3.81. The van der Waals surface area contributed by atoms with Gasteiger partial charge in [0.2, 0.25) is 10.0 Å². The first-order valence-corrected chi connectivity index (χ1v) is 9.16. The minimum Gasteiger partial charge on any atom is -0.476 e. The predicted octanol–water partition coefficient (Wildman–Crippen LogP) is 0.968. The van der Waals surface area contributed by atoms with Crippen molar-refractivity contribution in [3.05, 3.63) is 18.1 Å². The number of aromatic nitrogens is 2. The van der Waals surface area contributed by atoms with Gasteiger partial charge in [-0.15, -0.1) is 0 Å². The van der Waals surface area contributed by atoms with Crippen LogP contribution >= 0.6 is 0 Å². The Morgan fingerprint density at radius 1 is 1.32 bits per heavy atom. The molecule has 2 heterocycles. The Morgan fingerprint density at radius 2 is 1.92 bits per heavy atom. The standard InChI is InChI=1S/C13H17F3N4O4S/c1-25(23,24)20(8-13(14,15)16)9-2-4-19(5-3-9)11-7-17-10(6-18-11)12(21)22/h6-7,9H,2-5,8H2,1H3,(H,21,22). The van der Waals surface area contributed by atoms with Gasteiger partial charge < -0.3 is 10.0 Å². The molecule has 0 aromatic carbocycles. The van der Waals surface area contributed by atoms with Crippen LogP contribution in [-0.2, 0) is 10.0 Å². The Labute approximate surface area is 142 Å². The smallest absolute Gasteiger partial charge is 0.402 e. The van der Waals surface area contributed by atoms with E-state index in [2.05, 4.69) is 9.97 Å². The van der Waals surface area contributed by atoms with Crippen LogP contribution in [0.2, 0.25) is 0 Å². The van der Waals surface area contributed by atoms with Crippen LogP contribution in [-0.4, -0.2) is 71.9 Å². The highest BCUT2D eigenvalue weighted by atomic mass is 32.2. The Morgan fingerprint density at radius 3 is 2.32 bits per heavy atom. The summed E-state index contributed by atoms with van der Waals surface area (Å²) in [7, 11) is -3.99. The lowest BCUT2D eigenvalue weighted by Gasteiger charge is -2.37. The number of sulfonamides is 1. The summed E-state index contributed by atoms with van der Waals surface area (Å²) in [6, 6.07) is -0.751. The summed E-state index contributed by atoms with van der Waals surface area (Å²) in [5.74, 6) is -0.820. The molecule has 25 heavy (non-hydrogen) atoms. The molecule has 12 heteroatoms. The van der Waals surface area contributed by atoms with Gasteiger partial charge in [-0.1, -0.05) is 0 Å². The molecule has 0 atom stereocenters. The third kappa shape index (κ3) is 5.26. The number of alkyl halides is 3. The van der Waals surface area contributed by atoms with E-state index in [1.807, 2.05) is 0 Å². The molecule has 0 aliphatic carbocycles. The van der Waals surface area contributed by atoms with Crippen LogP contribution in [0.25, 0.3) is 0 Å². The van der Waals surface area contributed by atoms with Crippen LogP contribution < -0.4 is 4.90 Å². The minimum absolute atomic E-state index is 0.200. The molecule has 140 valence electrons. The number of halogens is 3. The average molecular weight is 382 g/mol. The fourth-order valence-electron chi connectivity index (χ4n) is 2.67. The molecule has 1 aliphatic rings. The Hall–Kier alpha value is -1.95. The number of aromatic carboxylic acids is 1. The zero-order valence-corrected chi connectivity index (χ0v) is 14.1. The maximum Gasteiger partial charge on any atom is 0.402 e. The molecule has 0 spiro atoms. The number of carboxylic acids is 1. The van der Waals surface area contributed by atoms with Gasteiger partial charge in [0.25, 0.3) is 0 Å². The number of anilines is 1. The summed E-state index contributed by atoms with van der Waals surface area (Å²) < 4.78 is 61.8. The van der Waals surface area contributed by atoms with E-state index in [9.17, 15) is 26.4 Å². The van der Waals surface area contributed by atoms with Crippen molar-refractivity contribution in [1.29, 1.82) is 0 Å². The lowest BCUT2D eigenvalue weighted by molar-refractivity contribution is -0.139. The first kappa shape index (κ1) is 19.4. The summed E-state index contributed by atoms with van der Waals surface area (Å²) in [6.45, 7) is -0.936. The first-order valence-electron chi connectivity index (χ1n) is 7.31. The number of carboxylic acid groups (broad SMARTS) is 1. The Kier molecular flexibility index (Phi) is 5.52. The van der Waals surface area contributed by atoms with E-state index >= 15 is 0 Å². The van der Waals surface area contributed by atoms with Gasteiger partial charge in [0, 0.05) is 19.1 Å². The van der Waals surface area contributed by atoms with E-state index < -0.39 is 34.8 Å². The molecule has 0 amide bonds. The topological polar surface area (TPSA) is 104 Å². The van der Waals surface area contributed by atoms with Crippen molar-refractivity contribution in [2.75, 3.05) is 30.8 Å². The van der Waals surface area contributed by atoms with Crippen LogP contribution in [0.4, 0.5) is 19.0 Å². The summed E-state index contributed by atoms with van der Waals surface area (Å²) in [5, 5.41) is 8.78. The number of hydrogen-bond donors (Lipinski definition) is 1. The first-order chi connectivity index (χ1) is 11.5. The van der Waals surface area contributed by atoms with Gasteiger partial charge in [0.05, 0.1) is 18.6 Å². The zero-order chi connectivity index (χ0) is 18.8. The highest BCUT2D eigenvalue weighted by Gasteiger charge is 2.39. The lowest BCUT2D eigenvalue weighted by atomic mass is 10.1. The van der Waals surface area contributed by atoms with Crippen molar-refractivity contribution in [1.82, 2.24) is 14.3 Å². The maximum atomic E-state index is 12.7. The van der Waals surface area contributed by atoms with E-state index in [0.29, 0.717) is 10.1 Å². The molecule has 1 N–H and O–H groups in total. The monoisotopic (exact) mass is 382 g/mol. The average Bonchev–Trinajstić information content (AvgIpc) is 2.51. The maximum absolute atomic E-state index is 12.7. The molecule has 0 saturated carbocycles. The quantitative estimate of drug-likeness (QED) is 0.809. The number of carbonyl (C=O) groups is 1. The van der Waals surface area contributed by atoms with Crippen molar-refractivity contribution in [3.63, 3.8) is 0 Å². The molecule has 1 aromatic heterocycles. The molecule has 0 radical (unpaired) electrons.